The van der Waals surface area contributed by atoms with Gasteiger partial charge in [0, 0.05) is 0 Å². The van der Waals surface area contributed by atoms with Crippen LogP contribution in [-0.2, 0) is 0 Å². The molecule has 0 fully saturated rings. The number of hydrogen-bond donors (Lipinski definition) is 2. The zero-order valence-corrected chi connectivity index (χ0v) is 11.9. The molecule has 0 bridgehead atoms. The highest BCUT2D eigenvalue weighted by atomic mass is 31.2. The van der Waals surface area contributed by atoms with E-state index in [1.807, 2.05) is 54.6 Å². The van der Waals surface area contributed by atoms with Crippen molar-refractivity contribution in [1.29, 1.82) is 0 Å². The van der Waals surface area contributed by atoms with E-state index in [2.05, 4.69) is 34.5 Å². The van der Waals surface area contributed by atoms with Crippen molar-refractivity contribution in [3.63, 3.8) is 0 Å². The Morgan fingerprint density at radius 2 is 1.25 bits per heavy atom. The lowest BCUT2D eigenvalue weighted by atomic mass is 10.3. The summed E-state index contributed by atoms with van der Waals surface area (Å²) in [5.41, 5.74) is 0. The number of rotatable bonds is 6. The zero-order valence-electron chi connectivity index (χ0n) is 11.0. The monoisotopic (exact) mass is 284 g/mol. The van der Waals surface area contributed by atoms with E-state index < -0.39 is 8.45 Å². The van der Waals surface area contributed by atoms with Gasteiger partial charge in [0.2, 0.25) is 8.45 Å². The summed E-state index contributed by atoms with van der Waals surface area (Å²) in [5.74, 6) is 0.871. The summed E-state index contributed by atoms with van der Waals surface area (Å²) >= 11 is 0. The molecule has 2 aliphatic rings. The number of para-hydroxylation sites is 1. The van der Waals surface area contributed by atoms with Crippen LogP contribution in [0.15, 0.2) is 78.9 Å². The van der Waals surface area contributed by atoms with E-state index in [0.29, 0.717) is 0 Å². The summed E-state index contributed by atoms with van der Waals surface area (Å²) in [6.07, 6.45) is 16.6. The molecular weight excluding hydrogens is 267 g/mol. The van der Waals surface area contributed by atoms with Crippen molar-refractivity contribution in [2.45, 2.75) is 12.1 Å². The zero-order chi connectivity index (χ0) is 13.6. The molecule has 0 saturated carbocycles. The Balaban J connectivity index is 1.65. The first kappa shape index (κ1) is 13.3. The fourth-order valence-corrected chi connectivity index (χ4v) is 3.38. The predicted octanol–water partition coefficient (Wildman–Crippen LogP) is 3.46. The third kappa shape index (κ3) is 3.67. The highest BCUT2D eigenvalue weighted by Gasteiger charge is 2.18. The molecule has 0 amide bonds. The molecule has 3 rings (SSSR count). The third-order valence-corrected chi connectivity index (χ3v) is 4.43. The van der Waals surface area contributed by atoms with E-state index in [0.717, 1.165) is 5.75 Å². The molecule has 2 N–H and O–H groups in total. The smallest absolute Gasteiger partial charge is 0.243 e. The molecule has 0 radical (unpaired) electrons. The molecule has 0 aliphatic heterocycles. The van der Waals surface area contributed by atoms with E-state index in [1.54, 1.807) is 0 Å². The molecule has 1 aromatic rings. The summed E-state index contributed by atoms with van der Waals surface area (Å²) in [6, 6.07) is 10.3. The van der Waals surface area contributed by atoms with Crippen LogP contribution in [0.5, 0.6) is 5.75 Å². The van der Waals surface area contributed by atoms with Crippen LogP contribution < -0.4 is 14.7 Å². The Morgan fingerprint density at radius 1 is 0.750 bits per heavy atom. The highest BCUT2D eigenvalue weighted by Crippen LogP contribution is 2.32. The van der Waals surface area contributed by atoms with Crippen molar-refractivity contribution in [1.82, 2.24) is 10.2 Å². The van der Waals surface area contributed by atoms with Gasteiger partial charge in [0.1, 0.15) is 5.75 Å². The second-order valence-electron chi connectivity index (χ2n) is 4.55. The van der Waals surface area contributed by atoms with E-state index in [9.17, 15) is 0 Å². The summed E-state index contributed by atoms with van der Waals surface area (Å²) in [5, 5.41) is 6.96. The molecule has 1 aromatic carbocycles. The lowest BCUT2D eigenvalue weighted by molar-refractivity contribution is 0.576. The van der Waals surface area contributed by atoms with Crippen LogP contribution in [0.1, 0.15) is 0 Å². The average molecular weight is 284 g/mol. The maximum atomic E-state index is 6.05. The van der Waals surface area contributed by atoms with E-state index in [-0.39, 0.29) is 12.1 Å². The first-order valence-electron chi connectivity index (χ1n) is 6.66. The Labute approximate surface area is 120 Å². The van der Waals surface area contributed by atoms with Crippen molar-refractivity contribution in [3.8, 4) is 5.75 Å². The van der Waals surface area contributed by atoms with E-state index in [1.165, 1.54) is 0 Å². The van der Waals surface area contributed by atoms with Crippen LogP contribution in [0.4, 0.5) is 0 Å². The fraction of sp³-hybridized carbons (Fsp3) is 0.125. The third-order valence-electron chi connectivity index (χ3n) is 2.97. The van der Waals surface area contributed by atoms with Crippen LogP contribution in [-0.4, -0.2) is 12.1 Å². The lowest BCUT2D eigenvalue weighted by Gasteiger charge is -2.24. The van der Waals surface area contributed by atoms with E-state index in [4.69, 9.17) is 4.52 Å². The van der Waals surface area contributed by atoms with Gasteiger partial charge in [-0.15, -0.1) is 0 Å². The Kier molecular flexibility index (Phi) is 4.44. The summed E-state index contributed by atoms with van der Waals surface area (Å²) in [4.78, 5) is 0. The number of nitrogens with one attached hydrogen (secondary N) is 2. The summed E-state index contributed by atoms with van der Waals surface area (Å²) in [6.45, 7) is 0. The van der Waals surface area contributed by atoms with Gasteiger partial charge in [-0.05, 0) is 12.1 Å². The van der Waals surface area contributed by atoms with Gasteiger partial charge in [-0.3, -0.25) is 0 Å². The number of hydrogen-bond acceptors (Lipinski definition) is 3. The van der Waals surface area contributed by atoms with E-state index >= 15 is 0 Å². The molecule has 0 saturated heterocycles. The first-order chi connectivity index (χ1) is 9.90. The molecule has 102 valence electrons. The molecule has 0 atom stereocenters. The molecule has 4 heteroatoms. The van der Waals surface area contributed by atoms with Crippen molar-refractivity contribution in [2.24, 2.45) is 0 Å². The quantitative estimate of drug-likeness (QED) is 0.785. The van der Waals surface area contributed by atoms with Crippen molar-refractivity contribution < 1.29 is 4.52 Å². The van der Waals surface area contributed by atoms with Crippen LogP contribution in [0, 0.1) is 0 Å². The summed E-state index contributed by atoms with van der Waals surface area (Å²) in [7, 11) is -0.964. The minimum Gasteiger partial charge on any atom is -0.445 e. The van der Waals surface area contributed by atoms with Crippen molar-refractivity contribution >= 4 is 8.45 Å². The van der Waals surface area contributed by atoms with Crippen molar-refractivity contribution in [2.75, 3.05) is 0 Å². The topological polar surface area (TPSA) is 33.3 Å². The second-order valence-corrected chi connectivity index (χ2v) is 5.84. The van der Waals surface area contributed by atoms with Gasteiger partial charge in [0.25, 0.3) is 0 Å². The van der Waals surface area contributed by atoms with Crippen LogP contribution in [0.2, 0.25) is 0 Å². The molecule has 2 aliphatic carbocycles. The Hall–Kier alpha value is -1.67. The van der Waals surface area contributed by atoms with Crippen LogP contribution in [0.3, 0.4) is 0 Å². The average Bonchev–Trinajstić information content (AvgIpc) is 3.13. The van der Waals surface area contributed by atoms with Gasteiger partial charge in [-0.25, -0.2) is 10.2 Å². The Bertz CT molecular complexity index is 497. The van der Waals surface area contributed by atoms with Crippen LogP contribution in [0.25, 0.3) is 0 Å². The minimum atomic E-state index is -0.964. The molecule has 3 nitrogen and oxygen atoms in total. The summed E-state index contributed by atoms with van der Waals surface area (Å²) < 4.78 is 6.05. The molecule has 0 unspecified atom stereocenters. The standard InChI is InChI=1S/C16H17N2OP/c1-2-12-16(13-3-1)19-20(17-14-8-4-5-9-14)18-15-10-6-7-11-15/h1-15,17-18H. The highest BCUT2D eigenvalue weighted by molar-refractivity contribution is 7.48. The minimum absolute atomic E-state index is 0.228. The molecule has 0 aromatic heterocycles. The molecule has 0 spiro atoms. The maximum Gasteiger partial charge on any atom is 0.243 e. The predicted molar refractivity (Wildman–Crippen MR) is 84.4 cm³/mol. The van der Waals surface area contributed by atoms with Crippen molar-refractivity contribution in [3.05, 3.63) is 78.9 Å². The van der Waals surface area contributed by atoms with Gasteiger partial charge in [-0.2, -0.15) is 0 Å². The Morgan fingerprint density at radius 3 is 1.75 bits per heavy atom. The second kappa shape index (κ2) is 6.67. The number of benzene rings is 1. The van der Waals surface area contributed by atoms with Crippen LogP contribution >= 0.6 is 8.45 Å². The molecular formula is C16H17N2OP. The largest absolute Gasteiger partial charge is 0.445 e. The van der Waals surface area contributed by atoms with Gasteiger partial charge in [0.15, 0.2) is 0 Å². The lowest BCUT2D eigenvalue weighted by Crippen LogP contribution is -2.31. The molecule has 20 heavy (non-hydrogen) atoms. The first-order valence-corrected chi connectivity index (χ1v) is 7.91. The van der Waals surface area contributed by atoms with Gasteiger partial charge >= 0.3 is 0 Å². The van der Waals surface area contributed by atoms with Gasteiger partial charge in [-0.1, -0.05) is 66.8 Å². The SMILES string of the molecule is C1=CC(NP(NC2C=CC=C2)Oc2ccccc2)C=C1. The fourth-order valence-electron chi connectivity index (χ4n) is 1.98. The van der Waals surface area contributed by atoms with Gasteiger partial charge < -0.3 is 4.52 Å². The molecule has 0 heterocycles. The maximum absolute atomic E-state index is 6.05. The number of allylic oxidation sites excluding steroid dienone is 4. The normalized spacial score (nSPS) is 17.6. The van der Waals surface area contributed by atoms with Gasteiger partial charge in [0.05, 0.1) is 12.1 Å².